The van der Waals surface area contributed by atoms with Crippen LogP contribution in [0.5, 0.6) is 0 Å². The molecule has 0 aromatic rings. The SMILES string of the molecule is CNC(=O)[C@@](N)(CC1CCNCC1)C(=O)OC(C)(C)C. The molecule has 1 atom stereocenters. The van der Waals surface area contributed by atoms with Gasteiger partial charge >= 0.3 is 5.97 Å². The van der Waals surface area contributed by atoms with Gasteiger partial charge in [-0.3, -0.25) is 4.79 Å². The van der Waals surface area contributed by atoms with Crippen LogP contribution in [0.15, 0.2) is 0 Å². The van der Waals surface area contributed by atoms with Crippen molar-refractivity contribution in [3.05, 3.63) is 0 Å². The molecule has 6 heteroatoms. The molecule has 20 heavy (non-hydrogen) atoms. The standard InChI is InChI=1S/C14H27N3O3/c1-13(2,3)20-12(19)14(15,11(18)16-4)9-10-5-7-17-8-6-10/h10,17H,5-9,15H2,1-4H3,(H,16,18)/t14-/m0/s1. The van der Waals surface area contributed by atoms with E-state index in [-0.39, 0.29) is 5.92 Å². The van der Waals surface area contributed by atoms with Gasteiger partial charge in [0.25, 0.3) is 5.91 Å². The molecule has 0 bridgehead atoms. The third-order valence-corrected chi connectivity index (χ3v) is 3.46. The van der Waals surface area contributed by atoms with Crippen molar-refractivity contribution in [1.29, 1.82) is 0 Å². The molecule has 1 rings (SSSR count). The number of hydrogen-bond donors (Lipinski definition) is 3. The van der Waals surface area contributed by atoms with E-state index in [0.717, 1.165) is 25.9 Å². The zero-order valence-corrected chi connectivity index (χ0v) is 12.9. The lowest BCUT2D eigenvalue weighted by atomic mass is 9.82. The molecule has 6 nitrogen and oxygen atoms in total. The summed E-state index contributed by atoms with van der Waals surface area (Å²) in [4.78, 5) is 24.4. The zero-order valence-electron chi connectivity index (χ0n) is 12.9. The summed E-state index contributed by atoms with van der Waals surface area (Å²) in [5.74, 6) is -0.876. The molecule has 1 heterocycles. The summed E-state index contributed by atoms with van der Waals surface area (Å²) in [5, 5.41) is 5.74. The Morgan fingerprint density at radius 2 is 1.85 bits per heavy atom. The molecule has 0 unspecified atom stereocenters. The van der Waals surface area contributed by atoms with Gasteiger partial charge in [0.2, 0.25) is 0 Å². The number of hydrogen-bond acceptors (Lipinski definition) is 5. The molecular formula is C14H27N3O3. The first-order valence-electron chi connectivity index (χ1n) is 7.14. The van der Waals surface area contributed by atoms with Crippen molar-refractivity contribution >= 4 is 11.9 Å². The minimum atomic E-state index is -1.61. The van der Waals surface area contributed by atoms with Crippen LogP contribution in [0.2, 0.25) is 0 Å². The lowest BCUT2D eigenvalue weighted by Gasteiger charge is -2.33. The van der Waals surface area contributed by atoms with E-state index >= 15 is 0 Å². The quantitative estimate of drug-likeness (QED) is 0.505. The van der Waals surface area contributed by atoms with E-state index < -0.39 is 23.0 Å². The number of rotatable bonds is 4. The van der Waals surface area contributed by atoms with Gasteiger partial charge in [-0.1, -0.05) is 0 Å². The molecule has 1 amide bonds. The van der Waals surface area contributed by atoms with E-state index in [4.69, 9.17) is 10.5 Å². The number of nitrogens with two attached hydrogens (primary N) is 1. The first-order valence-corrected chi connectivity index (χ1v) is 7.14. The number of piperidine rings is 1. The van der Waals surface area contributed by atoms with Gasteiger partial charge < -0.3 is 21.1 Å². The predicted octanol–water partition coefficient (Wildman–Crippen LogP) is 0.161. The maximum atomic E-state index is 12.3. The zero-order chi connectivity index (χ0) is 15.4. The first-order chi connectivity index (χ1) is 9.19. The van der Waals surface area contributed by atoms with Crippen LogP contribution in [0, 0.1) is 5.92 Å². The molecule has 1 fully saturated rings. The largest absolute Gasteiger partial charge is 0.458 e. The van der Waals surface area contributed by atoms with Gasteiger partial charge in [-0.2, -0.15) is 0 Å². The summed E-state index contributed by atoms with van der Waals surface area (Å²) in [7, 11) is 1.48. The van der Waals surface area contributed by atoms with E-state index in [1.807, 2.05) is 0 Å². The van der Waals surface area contributed by atoms with Crippen LogP contribution in [0.25, 0.3) is 0 Å². The Morgan fingerprint density at radius 1 is 1.30 bits per heavy atom. The fraction of sp³-hybridized carbons (Fsp3) is 0.857. The number of likely N-dealkylation sites (N-methyl/N-ethyl adjacent to an activating group) is 1. The Morgan fingerprint density at radius 3 is 2.30 bits per heavy atom. The van der Waals surface area contributed by atoms with E-state index in [9.17, 15) is 9.59 Å². The molecule has 4 N–H and O–H groups in total. The third kappa shape index (κ3) is 4.45. The van der Waals surface area contributed by atoms with Crippen LogP contribution in [0.3, 0.4) is 0 Å². The van der Waals surface area contributed by atoms with Gasteiger partial charge in [0, 0.05) is 7.05 Å². The third-order valence-electron chi connectivity index (χ3n) is 3.46. The summed E-state index contributed by atoms with van der Waals surface area (Å²) in [6, 6.07) is 0. The van der Waals surface area contributed by atoms with Gasteiger partial charge in [0.1, 0.15) is 5.60 Å². The second-order valence-corrected chi connectivity index (χ2v) is 6.45. The van der Waals surface area contributed by atoms with Crippen LogP contribution >= 0.6 is 0 Å². The lowest BCUT2D eigenvalue weighted by Crippen LogP contribution is -2.61. The van der Waals surface area contributed by atoms with Gasteiger partial charge in [-0.15, -0.1) is 0 Å². The maximum Gasteiger partial charge on any atom is 0.336 e. The number of carbonyl (C=O) groups excluding carboxylic acids is 2. The minimum absolute atomic E-state index is 0.256. The molecule has 1 saturated heterocycles. The Balaban J connectivity index is 2.84. The van der Waals surface area contributed by atoms with E-state index in [1.54, 1.807) is 20.8 Å². The molecule has 0 saturated carbocycles. The normalized spacial score (nSPS) is 20.1. The number of amides is 1. The van der Waals surface area contributed by atoms with Crippen molar-refractivity contribution in [3.63, 3.8) is 0 Å². The van der Waals surface area contributed by atoms with Crippen LogP contribution < -0.4 is 16.4 Å². The highest BCUT2D eigenvalue weighted by Crippen LogP contribution is 2.25. The topological polar surface area (TPSA) is 93.5 Å². The summed E-state index contributed by atoms with van der Waals surface area (Å²) in [5.41, 5.74) is 3.86. The number of carbonyl (C=O) groups is 2. The first kappa shape index (κ1) is 16.9. The predicted molar refractivity (Wildman–Crippen MR) is 77.0 cm³/mol. The Hall–Kier alpha value is -1.14. The van der Waals surface area contributed by atoms with Gasteiger partial charge in [0.05, 0.1) is 0 Å². The van der Waals surface area contributed by atoms with Gasteiger partial charge in [0.15, 0.2) is 5.54 Å². The second kappa shape index (κ2) is 6.54. The van der Waals surface area contributed by atoms with E-state index in [2.05, 4.69) is 10.6 Å². The average molecular weight is 285 g/mol. The minimum Gasteiger partial charge on any atom is -0.458 e. The molecule has 1 aliphatic heterocycles. The molecule has 0 aromatic carbocycles. The fourth-order valence-corrected chi connectivity index (χ4v) is 2.40. The summed E-state index contributed by atoms with van der Waals surface area (Å²) in [6.45, 7) is 7.07. The van der Waals surface area contributed by atoms with E-state index in [1.165, 1.54) is 7.05 Å². The van der Waals surface area contributed by atoms with Crippen molar-refractivity contribution in [2.24, 2.45) is 11.7 Å². The molecule has 0 spiro atoms. The van der Waals surface area contributed by atoms with Crippen LogP contribution in [0.4, 0.5) is 0 Å². The highest BCUT2D eigenvalue weighted by atomic mass is 16.6. The van der Waals surface area contributed by atoms with Crippen molar-refractivity contribution in [2.45, 2.75) is 51.2 Å². The highest BCUT2D eigenvalue weighted by molar-refractivity contribution is 6.07. The van der Waals surface area contributed by atoms with E-state index in [0.29, 0.717) is 6.42 Å². The van der Waals surface area contributed by atoms with Crippen molar-refractivity contribution < 1.29 is 14.3 Å². The Bertz CT molecular complexity index is 359. The Labute approximate surface area is 120 Å². The van der Waals surface area contributed by atoms with Gasteiger partial charge in [-0.25, -0.2) is 4.79 Å². The fourth-order valence-electron chi connectivity index (χ4n) is 2.40. The second-order valence-electron chi connectivity index (χ2n) is 6.45. The molecule has 0 aromatic heterocycles. The summed E-state index contributed by atoms with van der Waals surface area (Å²) < 4.78 is 5.33. The van der Waals surface area contributed by atoms with Gasteiger partial charge in [-0.05, 0) is 59.0 Å². The maximum absolute atomic E-state index is 12.3. The van der Waals surface area contributed by atoms with Crippen molar-refractivity contribution in [1.82, 2.24) is 10.6 Å². The molecular weight excluding hydrogens is 258 g/mol. The Kier molecular flexibility index (Phi) is 5.53. The molecule has 116 valence electrons. The number of nitrogens with one attached hydrogen (secondary N) is 2. The summed E-state index contributed by atoms with van der Waals surface area (Å²) in [6.07, 6.45) is 2.15. The number of ether oxygens (including phenoxy) is 1. The smallest absolute Gasteiger partial charge is 0.336 e. The monoisotopic (exact) mass is 285 g/mol. The van der Waals surface area contributed by atoms with Crippen LogP contribution in [0.1, 0.15) is 40.0 Å². The number of esters is 1. The highest BCUT2D eigenvalue weighted by Gasteiger charge is 2.46. The molecule has 0 radical (unpaired) electrons. The summed E-state index contributed by atoms with van der Waals surface area (Å²) >= 11 is 0. The van der Waals surface area contributed by atoms with Crippen LogP contribution in [-0.4, -0.2) is 43.2 Å². The van der Waals surface area contributed by atoms with Crippen molar-refractivity contribution in [2.75, 3.05) is 20.1 Å². The van der Waals surface area contributed by atoms with Crippen molar-refractivity contribution in [3.8, 4) is 0 Å². The lowest BCUT2D eigenvalue weighted by molar-refractivity contribution is -0.165. The van der Waals surface area contributed by atoms with Crippen LogP contribution in [-0.2, 0) is 14.3 Å². The molecule has 0 aliphatic carbocycles. The molecule has 1 aliphatic rings. The average Bonchev–Trinajstić information content (AvgIpc) is 2.36.